The molecule has 21 heavy (non-hydrogen) atoms. The molecule has 0 aliphatic carbocycles. The van der Waals surface area contributed by atoms with E-state index in [9.17, 15) is 5.11 Å². The van der Waals surface area contributed by atoms with Gasteiger partial charge >= 0.3 is 0 Å². The van der Waals surface area contributed by atoms with Crippen LogP contribution < -0.4 is 0 Å². The fourth-order valence-electron chi connectivity index (χ4n) is 2.63. The zero-order valence-corrected chi connectivity index (χ0v) is 16.7. The van der Waals surface area contributed by atoms with Crippen molar-refractivity contribution in [2.45, 2.75) is 83.8 Å². The lowest BCUT2D eigenvalue weighted by Crippen LogP contribution is -2.60. The third-order valence-corrected chi connectivity index (χ3v) is 5.16. The van der Waals surface area contributed by atoms with Crippen molar-refractivity contribution in [3.63, 3.8) is 0 Å². The molecule has 0 aromatic rings. The number of unbranched alkanes of at least 4 members (excludes halogenated alkanes) is 5. The van der Waals surface area contributed by atoms with Crippen molar-refractivity contribution >= 4 is 10.2 Å². The van der Waals surface area contributed by atoms with E-state index >= 15 is 0 Å². The molecule has 0 aliphatic rings. The number of rotatable bonds is 14. The van der Waals surface area contributed by atoms with Crippen LogP contribution in [0.15, 0.2) is 0 Å². The molecule has 1 atom stereocenters. The van der Waals surface area contributed by atoms with E-state index in [1.165, 1.54) is 25.7 Å². The van der Waals surface area contributed by atoms with E-state index in [-0.39, 0.29) is 0 Å². The maximum absolute atomic E-state index is 11.0. The van der Waals surface area contributed by atoms with Crippen LogP contribution in [0.3, 0.4) is 0 Å². The van der Waals surface area contributed by atoms with Crippen LogP contribution in [0.1, 0.15) is 72.6 Å². The van der Waals surface area contributed by atoms with Crippen molar-refractivity contribution in [3.05, 3.63) is 0 Å². The van der Waals surface area contributed by atoms with Crippen molar-refractivity contribution in [1.29, 1.82) is 0 Å². The molecule has 1 N–H and O–H groups in total. The summed E-state index contributed by atoms with van der Waals surface area (Å²) < 4.78 is 17.2. The number of aliphatic hydroxyl groups is 1. The molecule has 0 bridgehead atoms. The molecule has 0 aromatic carbocycles. The van der Waals surface area contributed by atoms with Gasteiger partial charge in [-0.25, -0.2) is 0 Å². The van der Waals surface area contributed by atoms with Crippen LogP contribution in [0.5, 0.6) is 0 Å². The highest BCUT2D eigenvalue weighted by molar-refractivity contribution is 6.14. The Balaban J connectivity index is 4.56. The second-order valence-corrected chi connectivity index (χ2v) is 6.86. The summed E-state index contributed by atoms with van der Waals surface area (Å²) in [5.41, 5.74) is -0.976. The molecule has 0 fully saturated rings. The van der Waals surface area contributed by atoms with Gasteiger partial charge in [-0.15, -0.1) is 0 Å². The molecule has 0 spiro atoms. The van der Waals surface area contributed by atoms with Gasteiger partial charge in [0.15, 0.2) is 5.41 Å². The van der Waals surface area contributed by atoms with E-state index < -0.39 is 11.2 Å². The number of hydrogen-bond donors (Lipinski definition) is 1. The Morgan fingerprint density at radius 3 is 1.71 bits per heavy atom. The summed E-state index contributed by atoms with van der Waals surface area (Å²) in [6.45, 7) is 9.42. The van der Waals surface area contributed by atoms with Gasteiger partial charge in [-0.1, -0.05) is 39.0 Å². The normalized spacial score (nSPS) is 15.3. The molecular formula is C16H36O4Si. The van der Waals surface area contributed by atoms with Crippen molar-refractivity contribution in [2.24, 2.45) is 0 Å². The highest BCUT2D eigenvalue weighted by Crippen LogP contribution is 2.32. The number of hydrogen-bond acceptors (Lipinski definition) is 4. The first-order valence-corrected chi connectivity index (χ1v) is 9.63. The summed E-state index contributed by atoms with van der Waals surface area (Å²) in [5, 5.41) is 11.0. The minimum Gasteiger partial charge on any atom is -0.362 e. The largest absolute Gasteiger partial charge is 0.362 e. The van der Waals surface area contributed by atoms with Crippen molar-refractivity contribution in [2.75, 3.05) is 19.8 Å². The van der Waals surface area contributed by atoms with E-state index in [4.69, 9.17) is 14.2 Å². The number of ether oxygens (including phenoxy) is 3. The second kappa shape index (κ2) is 11.6. The third kappa shape index (κ3) is 7.24. The Morgan fingerprint density at radius 2 is 1.24 bits per heavy atom. The molecule has 0 heterocycles. The first-order chi connectivity index (χ1) is 9.99. The van der Waals surface area contributed by atoms with Crippen molar-refractivity contribution in [3.8, 4) is 0 Å². The summed E-state index contributed by atoms with van der Waals surface area (Å²) in [6.07, 6.45) is 7.64. The van der Waals surface area contributed by atoms with Crippen LogP contribution in [0, 0.1) is 0 Å². The molecule has 0 rings (SSSR count). The molecule has 0 amide bonds. The SMILES string of the molecule is CCCCCCCCC(O)(OCC)C([SiH3])(OCC)OCC. The monoisotopic (exact) mass is 320 g/mol. The molecular weight excluding hydrogens is 284 g/mol. The average Bonchev–Trinajstić information content (AvgIpc) is 2.43. The summed E-state index contributed by atoms with van der Waals surface area (Å²) in [7, 11) is 0.561. The highest BCUT2D eigenvalue weighted by Gasteiger charge is 2.49. The molecule has 0 saturated heterocycles. The quantitative estimate of drug-likeness (QED) is 0.303. The van der Waals surface area contributed by atoms with Gasteiger partial charge in [-0.05, 0) is 27.2 Å². The highest BCUT2D eigenvalue weighted by atomic mass is 28.1. The standard InChI is InChI=1S/C16H36O4Si/c1-5-9-10-11-12-13-14-15(17,18-6-2)16(21,19-7-3)20-8-4/h17H,5-14H2,1-4,21H3. The minimum atomic E-state index is -1.33. The van der Waals surface area contributed by atoms with E-state index in [1.807, 2.05) is 20.8 Å². The predicted molar refractivity (Wildman–Crippen MR) is 90.5 cm³/mol. The Bertz CT molecular complexity index is 244. The van der Waals surface area contributed by atoms with Crippen LogP contribution >= 0.6 is 0 Å². The Labute approximate surface area is 134 Å². The van der Waals surface area contributed by atoms with Gasteiger partial charge in [0.2, 0.25) is 5.79 Å². The van der Waals surface area contributed by atoms with Gasteiger partial charge in [0.25, 0.3) is 0 Å². The van der Waals surface area contributed by atoms with Crippen molar-refractivity contribution in [1.82, 2.24) is 0 Å². The molecule has 4 nitrogen and oxygen atoms in total. The third-order valence-electron chi connectivity index (χ3n) is 3.80. The lowest BCUT2D eigenvalue weighted by molar-refractivity contribution is -0.361. The molecule has 128 valence electrons. The Morgan fingerprint density at radius 1 is 0.762 bits per heavy atom. The smallest absolute Gasteiger partial charge is 0.215 e. The van der Waals surface area contributed by atoms with Gasteiger partial charge < -0.3 is 19.3 Å². The molecule has 0 radical (unpaired) electrons. The van der Waals surface area contributed by atoms with Gasteiger partial charge in [0, 0.05) is 26.2 Å². The van der Waals surface area contributed by atoms with Gasteiger partial charge in [0.1, 0.15) is 0 Å². The molecule has 0 aromatic heterocycles. The predicted octanol–water partition coefficient (Wildman–Crippen LogP) is 2.55. The topological polar surface area (TPSA) is 47.9 Å². The van der Waals surface area contributed by atoms with E-state index in [2.05, 4.69) is 6.92 Å². The van der Waals surface area contributed by atoms with Crippen LogP contribution in [-0.2, 0) is 14.2 Å². The first kappa shape index (κ1) is 21.1. The van der Waals surface area contributed by atoms with Crippen molar-refractivity contribution < 1.29 is 19.3 Å². The summed E-state index contributed by atoms with van der Waals surface area (Å²) in [4.78, 5) is 0. The maximum Gasteiger partial charge on any atom is 0.215 e. The lowest BCUT2D eigenvalue weighted by Gasteiger charge is -2.43. The fourth-order valence-corrected chi connectivity index (χ4v) is 3.60. The fraction of sp³-hybridized carbons (Fsp3) is 1.00. The van der Waals surface area contributed by atoms with E-state index in [0.29, 0.717) is 36.5 Å². The Kier molecular flexibility index (Phi) is 11.6. The zero-order valence-electron chi connectivity index (χ0n) is 14.7. The summed E-state index contributed by atoms with van der Waals surface area (Å²) in [6, 6.07) is 0. The first-order valence-electron chi connectivity index (χ1n) is 8.63. The van der Waals surface area contributed by atoms with Gasteiger partial charge in [-0.3, -0.25) is 0 Å². The molecule has 1 unspecified atom stereocenters. The van der Waals surface area contributed by atoms with E-state index in [0.717, 1.165) is 12.8 Å². The van der Waals surface area contributed by atoms with E-state index in [1.54, 1.807) is 0 Å². The Hall–Kier alpha value is 0.0569. The van der Waals surface area contributed by atoms with Gasteiger partial charge in [0.05, 0.1) is 10.2 Å². The van der Waals surface area contributed by atoms with Crippen LogP contribution in [0.25, 0.3) is 0 Å². The molecule has 5 heteroatoms. The maximum atomic E-state index is 11.0. The minimum absolute atomic E-state index is 0.455. The van der Waals surface area contributed by atoms with Crippen LogP contribution in [0.2, 0.25) is 0 Å². The average molecular weight is 321 g/mol. The van der Waals surface area contributed by atoms with Gasteiger partial charge in [-0.2, -0.15) is 0 Å². The second-order valence-electron chi connectivity index (χ2n) is 5.55. The molecule has 0 saturated carbocycles. The molecule has 0 aliphatic heterocycles. The van der Waals surface area contributed by atoms with Crippen LogP contribution in [-0.4, -0.2) is 46.4 Å². The summed E-state index contributed by atoms with van der Waals surface area (Å²) >= 11 is 0. The summed E-state index contributed by atoms with van der Waals surface area (Å²) in [5.74, 6) is -1.33. The lowest BCUT2D eigenvalue weighted by atomic mass is 10.0. The zero-order chi connectivity index (χ0) is 16.2. The van der Waals surface area contributed by atoms with Crippen LogP contribution in [0.4, 0.5) is 0 Å².